The summed E-state index contributed by atoms with van der Waals surface area (Å²) in [5, 5.41) is 0. The Hall–Kier alpha value is -1.53. The fourth-order valence-corrected chi connectivity index (χ4v) is 3.85. The SMILES string of the molecule is COC1CCN(Cc2cnc(CC3CCN(C(C)=O)CC3)cn2)CC1. The van der Waals surface area contributed by atoms with Crippen LogP contribution >= 0.6 is 0 Å². The molecule has 2 aliphatic rings. The summed E-state index contributed by atoms with van der Waals surface area (Å²) in [5.41, 5.74) is 2.12. The molecule has 0 saturated carbocycles. The molecule has 0 N–H and O–H groups in total. The van der Waals surface area contributed by atoms with Crippen molar-refractivity contribution in [2.75, 3.05) is 33.3 Å². The third-order valence-electron chi connectivity index (χ3n) is 5.57. The number of hydrogen-bond donors (Lipinski definition) is 0. The van der Waals surface area contributed by atoms with Gasteiger partial charge in [-0.1, -0.05) is 0 Å². The average molecular weight is 346 g/mol. The highest BCUT2D eigenvalue weighted by atomic mass is 16.5. The van der Waals surface area contributed by atoms with Crippen LogP contribution < -0.4 is 0 Å². The summed E-state index contributed by atoms with van der Waals surface area (Å²) < 4.78 is 5.42. The maximum Gasteiger partial charge on any atom is 0.219 e. The summed E-state index contributed by atoms with van der Waals surface area (Å²) in [6.45, 7) is 6.42. The number of rotatable bonds is 5. The zero-order valence-corrected chi connectivity index (χ0v) is 15.5. The van der Waals surface area contributed by atoms with E-state index in [1.54, 1.807) is 14.0 Å². The van der Waals surface area contributed by atoms with Gasteiger partial charge in [0.15, 0.2) is 0 Å². The molecule has 25 heavy (non-hydrogen) atoms. The van der Waals surface area contributed by atoms with Gasteiger partial charge < -0.3 is 9.64 Å². The predicted octanol–water partition coefficient (Wildman–Crippen LogP) is 1.89. The van der Waals surface area contributed by atoms with Crippen molar-refractivity contribution in [3.8, 4) is 0 Å². The van der Waals surface area contributed by atoms with Crippen LogP contribution in [0.5, 0.6) is 0 Å². The molecule has 0 unspecified atom stereocenters. The van der Waals surface area contributed by atoms with E-state index in [0.717, 1.165) is 76.2 Å². The highest BCUT2D eigenvalue weighted by molar-refractivity contribution is 5.73. The van der Waals surface area contributed by atoms with E-state index in [-0.39, 0.29) is 5.91 Å². The smallest absolute Gasteiger partial charge is 0.219 e. The number of carbonyl (C=O) groups is 1. The molecule has 0 bridgehead atoms. The zero-order chi connectivity index (χ0) is 17.6. The second-order valence-corrected chi connectivity index (χ2v) is 7.36. The molecule has 2 fully saturated rings. The lowest BCUT2D eigenvalue weighted by Crippen LogP contribution is -2.37. The third-order valence-corrected chi connectivity index (χ3v) is 5.57. The Morgan fingerprint density at radius 1 is 1.08 bits per heavy atom. The van der Waals surface area contributed by atoms with Crippen LogP contribution in [0.2, 0.25) is 0 Å². The molecule has 3 rings (SSSR count). The quantitative estimate of drug-likeness (QED) is 0.815. The Morgan fingerprint density at radius 2 is 1.72 bits per heavy atom. The molecule has 0 aromatic carbocycles. The van der Waals surface area contributed by atoms with Gasteiger partial charge in [0.2, 0.25) is 5.91 Å². The second-order valence-electron chi connectivity index (χ2n) is 7.36. The Labute approximate surface area is 150 Å². The van der Waals surface area contributed by atoms with E-state index in [9.17, 15) is 4.79 Å². The number of ether oxygens (including phenoxy) is 1. The van der Waals surface area contributed by atoms with Gasteiger partial charge in [0.1, 0.15) is 0 Å². The van der Waals surface area contributed by atoms with Gasteiger partial charge in [0.25, 0.3) is 0 Å². The van der Waals surface area contributed by atoms with Crippen LogP contribution in [0.1, 0.15) is 44.0 Å². The summed E-state index contributed by atoms with van der Waals surface area (Å²) in [4.78, 5) is 25.0. The predicted molar refractivity (Wildman–Crippen MR) is 96.0 cm³/mol. The number of likely N-dealkylation sites (tertiary alicyclic amines) is 2. The summed E-state index contributed by atoms with van der Waals surface area (Å²) in [5.74, 6) is 0.806. The molecule has 3 heterocycles. The molecule has 1 aromatic heterocycles. The molecule has 1 aromatic rings. The van der Waals surface area contributed by atoms with E-state index in [0.29, 0.717) is 12.0 Å². The fraction of sp³-hybridized carbons (Fsp3) is 0.737. The van der Waals surface area contributed by atoms with Gasteiger partial charge in [-0.15, -0.1) is 0 Å². The van der Waals surface area contributed by atoms with Gasteiger partial charge >= 0.3 is 0 Å². The largest absolute Gasteiger partial charge is 0.381 e. The molecule has 0 radical (unpaired) electrons. The molecule has 6 heteroatoms. The van der Waals surface area contributed by atoms with Crippen molar-refractivity contribution in [2.24, 2.45) is 5.92 Å². The first-order valence-electron chi connectivity index (χ1n) is 9.44. The van der Waals surface area contributed by atoms with Crippen molar-refractivity contribution in [3.63, 3.8) is 0 Å². The Kier molecular flexibility index (Phi) is 6.37. The highest BCUT2D eigenvalue weighted by Gasteiger charge is 2.22. The molecule has 1 amide bonds. The monoisotopic (exact) mass is 346 g/mol. The van der Waals surface area contributed by atoms with Crippen molar-refractivity contribution < 1.29 is 9.53 Å². The lowest BCUT2D eigenvalue weighted by Gasteiger charge is -2.31. The van der Waals surface area contributed by atoms with E-state index < -0.39 is 0 Å². The van der Waals surface area contributed by atoms with Crippen molar-refractivity contribution >= 4 is 5.91 Å². The van der Waals surface area contributed by atoms with Gasteiger partial charge in [0.05, 0.1) is 23.7 Å². The highest BCUT2D eigenvalue weighted by Crippen LogP contribution is 2.21. The van der Waals surface area contributed by atoms with Crippen LogP contribution in [0.25, 0.3) is 0 Å². The van der Waals surface area contributed by atoms with Crippen LogP contribution in [0.3, 0.4) is 0 Å². The fourth-order valence-electron chi connectivity index (χ4n) is 3.85. The van der Waals surface area contributed by atoms with Crippen molar-refractivity contribution in [3.05, 3.63) is 23.8 Å². The van der Waals surface area contributed by atoms with Gasteiger partial charge in [-0.2, -0.15) is 0 Å². The van der Waals surface area contributed by atoms with Crippen LogP contribution in [0, 0.1) is 5.92 Å². The van der Waals surface area contributed by atoms with E-state index in [4.69, 9.17) is 4.74 Å². The van der Waals surface area contributed by atoms with E-state index >= 15 is 0 Å². The standard InChI is InChI=1S/C19H30N4O2/c1-15(24)23-9-3-16(4-10-23)11-17-12-21-18(13-20-17)14-22-7-5-19(25-2)6-8-22/h12-13,16,19H,3-11,14H2,1-2H3. The summed E-state index contributed by atoms with van der Waals surface area (Å²) in [6, 6.07) is 0. The first-order valence-corrected chi connectivity index (χ1v) is 9.44. The lowest BCUT2D eigenvalue weighted by molar-refractivity contribution is -0.130. The number of methoxy groups -OCH3 is 1. The first kappa shape index (κ1) is 18.3. The van der Waals surface area contributed by atoms with Crippen molar-refractivity contribution in [1.29, 1.82) is 0 Å². The summed E-state index contributed by atoms with van der Waals surface area (Å²) in [6.07, 6.45) is 9.59. The second kappa shape index (κ2) is 8.72. The van der Waals surface area contributed by atoms with E-state index in [1.165, 1.54) is 0 Å². The van der Waals surface area contributed by atoms with Crippen molar-refractivity contribution in [1.82, 2.24) is 19.8 Å². The van der Waals surface area contributed by atoms with Gasteiger partial charge in [-0.25, -0.2) is 0 Å². The Balaban J connectivity index is 1.44. The third kappa shape index (κ3) is 5.22. The lowest BCUT2D eigenvalue weighted by atomic mass is 9.92. The Morgan fingerprint density at radius 3 is 2.28 bits per heavy atom. The molecule has 0 aliphatic carbocycles. The van der Waals surface area contributed by atoms with Crippen molar-refractivity contribution in [2.45, 2.75) is 51.7 Å². The number of hydrogen-bond acceptors (Lipinski definition) is 5. The number of aromatic nitrogens is 2. The van der Waals surface area contributed by atoms with Gasteiger partial charge in [0, 0.05) is 53.0 Å². The average Bonchev–Trinajstić information content (AvgIpc) is 2.64. The minimum Gasteiger partial charge on any atom is -0.381 e. The molecular formula is C19H30N4O2. The molecule has 2 saturated heterocycles. The van der Waals surface area contributed by atoms with E-state index in [2.05, 4.69) is 14.9 Å². The van der Waals surface area contributed by atoms with Crippen LogP contribution in [-0.4, -0.2) is 65.1 Å². The number of piperidine rings is 2. The summed E-state index contributed by atoms with van der Waals surface area (Å²) >= 11 is 0. The van der Waals surface area contributed by atoms with Gasteiger partial charge in [-0.3, -0.25) is 19.7 Å². The molecule has 0 spiro atoms. The first-order chi connectivity index (χ1) is 12.1. The number of carbonyl (C=O) groups excluding carboxylic acids is 1. The molecule has 0 atom stereocenters. The molecule has 138 valence electrons. The topological polar surface area (TPSA) is 58.6 Å². The minimum atomic E-state index is 0.192. The number of nitrogens with zero attached hydrogens (tertiary/aromatic N) is 4. The zero-order valence-electron chi connectivity index (χ0n) is 15.5. The Bertz CT molecular complexity index is 547. The molecular weight excluding hydrogens is 316 g/mol. The summed E-state index contributed by atoms with van der Waals surface area (Å²) in [7, 11) is 1.80. The maximum absolute atomic E-state index is 11.4. The van der Waals surface area contributed by atoms with Crippen LogP contribution in [0.4, 0.5) is 0 Å². The van der Waals surface area contributed by atoms with Gasteiger partial charge in [-0.05, 0) is 38.0 Å². The minimum absolute atomic E-state index is 0.192. The van der Waals surface area contributed by atoms with E-state index in [1.807, 2.05) is 17.3 Å². The van der Waals surface area contributed by atoms with Crippen LogP contribution in [0.15, 0.2) is 12.4 Å². The molecule has 2 aliphatic heterocycles. The normalized spacial score (nSPS) is 20.8. The molecule has 6 nitrogen and oxygen atoms in total. The van der Waals surface area contributed by atoms with Crippen LogP contribution in [-0.2, 0) is 22.5 Å². The maximum atomic E-state index is 11.4. The number of amides is 1.